The number of carbonyl (C=O) groups is 2. The summed E-state index contributed by atoms with van der Waals surface area (Å²) in [5.74, 6) is -0.639. The largest absolute Gasteiger partial charge is 0.481 e. The lowest BCUT2D eigenvalue weighted by molar-refractivity contribution is -0.137. The number of rotatable bonds is 7. The highest BCUT2D eigenvalue weighted by Gasteiger charge is 2.12. The average Bonchev–Trinajstić information content (AvgIpc) is 2.65. The number of carboxylic acids is 1. The van der Waals surface area contributed by atoms with Gasteiger partial charge in [0.05, 0.1) is 5.69 Å². The Kier molecular flexibility index (Phi) is 5.54. The molecule has 106 valence electrons. The molecule has 0 saturated heterocycles. The van der Waals surface area contributed by atoms with Gasteiger partial charge in [-0.15, -0.1) is 0 Å². The lowest BCUT2D eigenvalue weighted by Crippen LogP contribution is -2.27. The zero-order valence-corrected chi connectivity index (χ0v) is 11.6. The first kappa shape index (κ1) is 15.2. The highest BCUT2D eigenvalue weighted by Crippen LogP contribution is 2.09. The Balaban J connectivity index is 2.31. The highest BCUT2D eigenvalue weighted by molar-refractivity contribution is 5.92. The normalized spacial score (nSPS) is 12.2. The average molecular weight is 267 g/mol. The van der Waals surface area contributed by atoms with Gasteiger partial charge in [0.25, 0.3) is 5.91 Å². The van der Waals surface area contributed by atoms with E-state index in [1.165, 1.54) is 0 Å². The second kappa shape index (κ2) is 6.92. The Bertz CT molecular complexity index is 454. The van der Waals surface area contributed by atoms with Crippen LogP contribution in [0.15, 0.2) is 6.07 Å². The Labute approximate surface area is 112 Å². The van der Waals surface area contributed by atoms with Crippen molar-refractivity contribution in [2.24, 2.45) is 13.0 Å². The van der Waals surface area contributed by atoms with Gasteiger partial charge >= 0.3 is 5.97 Å². The number of carbonyl (C=O) groups excluding carboxylic acids is 1. The van der Waals surface area contributed by atoms with Crippen molar-refractivity contribution in [3.8, 4) is 0 Å². The molecule has 1 aromatic rings. The number of aromatic nitrogens is 2. The minimum absolute atomic E-state index is 0.145. The summed E-state index contributed by atoms with van der Waals surface area (Å²) in [6.45, 7) is 4.37. The van der Waals surface area contributed by atoms with Gasteiger partial charge in [-0.3, -0.25) is 14.3 Å². The molecule has 1 unspecified atom stereocenters. The summed E-state index contributed by atoms with van der Waals surface area (Å²) < 4.78 is 1.55. The van der Waals surface area contributed by atoms with E-state index in [9.17, 15) is 9.59 Å². The van der Waals surface area contributed by atoms with E-state index < -0.39 is 5.97 Å². The topological polar surface area (TPSA) is 84.2 Å². The summed E-state index contributed by atoms with van der Waals surface area (Å²) in [5, 5.41) is 15.5. The van der Waals surface area contributed by atoms with E-state index in [0.717, 1.165) is 12.1 Å². The van der Waals surface area contributed by atoms with Crippen molar-refractivity contribution in [3.63, 3.8) is 0 Å². The summed E-state index contributed by atoms with van der Waals surface area (Å²) in [6, 6.07) is 1.74. The van der Waals surface area contributed by atoms with E-state index in [1.807, 2.05) is 13.8 Å². The number of hydrogen-bond acceptors (Lipinski definition) is 3. The van der Waals surface area contributed by atoms with Crippen molar-refractivity contribution in [1.82, 2.24) is 15.1 Å². The Morgan fingerprint density at radius 3 is 2.68 bits per heavy atom. The van der Waals surface area contributed by atoms with Gasteiger partial charge in [0.15, 0.2) is 0 Å². The molecule has 6 heteroatoms. The minimum Gasteiger partial charge on any atom is -0.481 e. The van der Waals surface area contributed by atoms with E-state index in [-0.39, 0.29) is 18.2 Å². The molecular formula is C13H21N3O3. The molecule has 0 radical (unpaired) electrons. The standard InChI is InChI=1S/C13H21N3O3/c1-9(4-5-12(17)18)6-7-14-13(19)11-8-10(2)15-16(11)3/h8-9H,4-7H2,1-3H3,(H,14,19)(H,17,18). The first-order chi connectivity index (χ1) is 8.90. The van der Waals surface area contributed by atoms with E-state index >= 15 is 0 Å². The Morgan fingerprint density at radius 1 is 1.47 bits per heavy atom. The van der Waals surface area contributed by atoms with Crippen LogP contribution in [-0.2, 0) is 11.8 Å². The lowest BCUT2D eigenvalue weighted by Gasteiger charge is -2.10. The van der Waals surface area contributed by atoms with Crippen molar-refractivity contribution in [2.45, 2.75) is 33.1 Å². The molecule has 0 spiro atoms. The maximum Gasteiger partial charge on any atom is 0.303 e. The third-order valence-electron chi connectivity index (χ3n) is 3.01. The smallest absolute Gasteiger partial charge is 0.303 e. The molecule has 19 heavy (non-hydrogen) atoms. The number of aliphatic carboxylic acids is 1. The second-order valence-electron chi connectivity index (χ2n) is 4.88. The van der Waals surface area contributed by atoms with Crippen LogP contribution in [0, 0.1) is 12.8 Å². The minimum atomic E-state index is -0.777. The molecule has 1 heterocycles. The first-order valence-electron chi connectivity index (χ1n) is 6.40. The lowest BCUT2D eigenvalue weighted by atomic mass is 10.0. The van der Waals surface area contributed by atoms with Gasteiger partial charge in [-0.1, -0.05) is 6.92 Å². The summed E-state index contributed by atoms with van der Waals surface area (Å²) >= 11 is 0. The van der Waals surface area contributed by atoms with Crippen LogP contribution >= 0.6 is 0 Å². The van der Waals surface area contributed by atoms with Crippen LogP contribution < -0.4 is 5.32 Å². The van der Waals surface area contributed by atoms with Crippen LogP contribution in [0.3, 0.4) is 0 Å². The van der Waals surface area contributed by atoms with Crippen molar-refractivity contribution >= 4 is 11.9 Å². The summed E-state index contributed by atoms with van der Waals surface area (Å²) in [6.07, 6.45) is 1.59. The maximum absolute atomic E-state index is 11.9. The van der Waals surface area contributed by atoms with Crippen LogP contribution in [0.25, 0.3) is 0 Å². The van der Waals surface area contributed by atoms with E-state index in [0.29, 0.717) is 18.7 Å². The van der Waals surface area contributed by atoms with Crippen LogP contribution in [0.4, 0.5) is 0 Å². The van der Waals surface area contributed by atoms with Crippen LogP contribution in [0.5, 0.6) is 0 Å². The third-order valence-corrected chi connectivity index (χ3v) is 3.01. The number of carboxylic acid groups (broad SMARTS) is 1. The predicted molar refractivity (Wildman–Crippen MR) is 70.9 cm³/mol. The molecule has 0 aliphatic heterocycles. The number of hydrogen-bond donors (Lipinski definition) is 2. The van der Waals surface area contributed by atoms with Gasteiger partial charge in [0.1, 0.15) is 5.69 Å². The first-order valence-corrected chi connectivity index (χ1v) is 6.40. The molecule has 1 atom stereocenters. The molecule has 0 bridgehead atoms. The Morgan fingerprint density at radius 2 is 2.16 bits per heavy atom. The summed E-state index contributed by atoms with van der Waals surface area (Å²) in [5.41, 5.74) is 1.35. The van der Waals surface area contributed by atoms with Gasteiger partial charge in [-0.2, -0.15) is 5.10 Å². The molecule has 1 amide bonds. The zero-order chi connectivity index (χ0) is 14.4. The monoisotopic (exact) mass is 267 g/mol. The summed E-state index contributed by atoms with van der Waals surface area (Å²) in [4.78, 5) is 22.3. The fraction of sp³-hybridized carbons (Fsp3) is 0.615. The van der Waals surface area contributed by atoms with Crippen molar-refractivity contribution < 1.29 is 14.7 Å². The molecule has 0 fully saturated rings. The van der Waals surface area contributed by atoms with Gasteiger partial charge in [-0.05, 0) is 31.7 Å². The fourth-order valence-corrected chi connectivity index (χ4v) is 1.86. The van der Waals surface area contributed by atoms with Gasteiger partial charge in [-0.25, -0.2) is 0 Å². The van der Waals surface area contributed by atoms with E-state index in [4.69, 9.17) is 5.11 Å². The van der Waals surface area contributed by atoms with Crippen LogP contribution in [-0.4, -0.2) is 33.3 Å². The molecule has 1 rings (SSSR count). The van der Waals surface area contributed by atoms with Crippen molar-refractivity contribution in [1.29, 1.82) is 0 Å². The van der Waals surface area contributed by atoms with Gasteiger partial charge in [0, 0.05) is 20.0 Å². The van der Waals surface area contributed by atoms with Crippen LogP contribution in [0.2, 0.25) is 0 Å². The molecule has 1 aromatic heterocycles. The van der Waals surface area contributed by atoms with Crippen LogP contribution in [0.1, 0.15) is 42.4 Å². The van der Waals surface area contributed by atoms with Gasteiger partial charge in [0.2, 0.25) is 0 Å². The molecule has 0 aromatic carbocycles. The SMILES string of the molecule is Cc1cc(C(=O)NCCC(C)CCC(=O)O)n(C)n1. The molecule has 2 N–H and O–H groups in total. The molecule has 6 nitrogen and oxygen atoms in total. The van der Waals surface area contributed by atoms with E-state index in [1.54, 1.807) is 17.8 Å². The van der Waals surface area contributed by atoms with E-state index in [2.05, 4.69) is 10.4 Å². The number of aryl methyl sites for hydroxylation is 2. The quantitative estimate of drug-likeness (QED) is 0.781. The second-order valence-corrected chi connectivity index (χ2v) is 4.88. The molecule has 0 aliphatic carbocycles. The zero-order valence-electron chi connectivity index (χ0n) is 11.6. The van der Waals surface area contributed by atoms with Crippen molar-refractivity contribution in [3.05, 3.63) is 17.5 Å². The number of amides is 1. The highest BCUT2D eigenvalue weighted by atomic mass is 16.4. The maximum atomic E-state index is 11.9. The number of nitrogens with zero attached hydrogens (tertiary/aromatic N) is 2. The summed E-state index contributed by atoms with van der Waals surface area (Å²) in [7, 11) is 1.73. The fourth-order valence-electron chi connectivity index (χ4n) is 1.86. The van der Waals surface area contributed by atoms with Gasteiger partial charge < -0.3 is 10.4 Å². The molecule has 0 aliphatic rings. The Hall–Kier alpha value is -1.85. The third kappa shape index (κ3) is 5.11. The molecular weight excluding hydrogens is 246 g/mol. The number of nitrogens with one attached hydrogen (secondary N) is 1. The predicted octanol–water partition coefficient (Wildman–Crippen LogP) is 1.35. The molecule has 0 saturated carbocycles. The van der Waals surface area contributed by atoms with Crippen molar-refractivity contribution in [2.75, 3.05) is 6.54 Å².